The number of carbonyl (C=O) groups is 3. The standard InChI is InChI=1S/C29H35N7O5S/c1-16-12-21(35(2)34-16)24-31-20-10-11-42-23(20)26(32-24)41-18-13-22-25(37)33-29(28(39)40)14-17(29)8-6-4-3-5-7-9-19(30)27(38)36(22)15-18/h6,8,10-12,17-19,22H,3-5,7,9,13-15,30H2,1-2H3,(H,33,37)(H,39,40)/b8-6-/t17-,18-,19+,22+,29-/m1/s1. The summed E-state index contributed by atoms with van der Waals surface area (Å²) >= 11 is 1.44. The number of aliphatic carboxylic acids is 1. The molecule has 5 heterocycles. The van der Waals surface area contributed by atoms with Gasteiger partial charge in [-0.05, 0) is 50.1 Å². The molecule has 6 rings (SSSR count). The van der Waals surface area contributed by atoms with E-state index in [0.717, 1.165) is 47.3 Å². The van der Waals surface area contributed by atoms with Crippen LogP contribution in [0.4, 0.5) is 0 Å². The van der Waals surface area contributed by atoms with Gasteiger partial charge in [0.25, 0.3) is 0 Å². The topological polar surface area (TPSA) is 166 Å². The van der Waals surface area contributed by atoms with Gasteiger partial charge in [0.2, 0.25) is 17.7 Å². The molecule has 0 aromatic carbocycles. The summed E-state index contributed by atoms with van der Waals surface area (Å²) in [5.74, 6) is -1.38. The van der Waals surface area contributed by atoms with E-state index in [9.17, 15) is 19.5 Å². The number of amides is 2. The van der Waals surface area contributed by atoms with E-state index in [-0.39, 0.29) is 24.8 Å². The Morgan fingerprint density at radius 1 is 1.26 bits per heavy atom. The number of nitrogens with one attached hydrogen (secondary N) is 1. The number of hydrogen-bond donors (Lipinski definition) is 3. The Kier molecular flexibility index (Phi) is 7.48. The molecule has 0 unspecified atom stereocenters. The molecule has 1 saturated heterocycles. The van der Waals surface area contributed by atoms with Crippen LogP contribution in [0.5, 0.6) is 5.88 Å². The first kappa shape index (κ1) is 28.3. The van der Waals surface area contributed by atoms with Gasteiger partial charge in [-0.25, -0.2) is 9.78 Å². The number of carbonyl (C=O) groups excluding carboxylic acids is 2. The summed E-state index contributed by atoms with van der Waals surface area (Å²) in [6.45, 7) is 2.02. The molecule has 0 radical (unpaired) electrons. The molecule has 13 heteroatoms. The Morgan fingerprint density at radius 3 is 2.86 bits per heavy atom. The average Bonchev–Trinajstić information content (AvgIpc) is 3.28. The van der Waals surface area contributed by atoms with E-state index in [2.05, 4.69) is 10.4 Å². The minimum atomic E-state index is -1.37. The van der Waals surface area contributed by atoms with Crippen molar-refractivity contribution in [2.75, 3.05) is 6.54 Å². The van der Waals surface area contributed by atoms with Crippen LogP contribution in [0.15, 0.2) is 29.7 Å². The summed E-state index contributed by atoms with van der Waals surface area (Å²) in [5.41, 5.74) is 7.25. The molecule has 3 aromatic heterocycles. The van der Waals surface area contributed by atoms with Crippen molar-refractivity contribution < 1.29 is 24.2 Å². The van der Waals surface area contributed by atoms with Crippen molar-refractivity contribution in [3.05, 3.63) is 35.4 Å². The normalized spacial score (nSPS) is 29.3. The van der Waals surface area contributed by atoms with E-state index in [4.69, 9.17) is 20.4 Å². The van der Waals surface area contributed by atoms with Gasteiger partial charge < -0.3 is 25.8 Å². The van der Waals surface area contributed by atoms with Crippen LogP contribution < -0.4 is 15.8 Å². The number of aromatic nitrogens is 4. The smallest absolute Gasteiger partial charge is 0.330 e. The summed E-state index contributed by atoms with van der Waals surface area (Å²) in [6.07, 6.45) is 7.78. The Morgan fingerprint density at radius 2 is 2.10 bits per heavy atom. The summed E-state index contributed by atoms with van der Waals surface area (Å²) < 4.78 is 8.89. The fraction of sp³-hybridized carbons (Fsp3) is 0.517. The highest BCUT2D eigenvalue weighted by atomic mass is 32.1. The number of nitrogens with zero attached hydrogens (tertiary/aromatic N) is 5. The lowest BCUT2D eigenvalue weighted by Crippen LogP contribution is -2.55. The summed E-state index contributed by atoms with van der Waals surface area (Å²) in [7, 11) is 1.82. The zero-order valence-electron chi connectivity index (χ0n) is 23.7. The first-order valence-corrected chi connectivity index (χ1v) is 15.3. The Bertz CT molecular complexity index is 1570. The third-order valence-corrected chi connectivity index (χ3v) is 9.34. The van der Waals surface area contributed by atoms with Crippen molar-refractivity contribution >= 4 is 39.3 Å². The lowest BCUT2D eigenvalue weighted by molar-refractivity contribution is -0.145. The minimum Gasteiger partial charge on any atom is -0.479 e. The highest BCUT2D eigenvalue weighted by Crippen LogP contribution is 2.45. The Hall–Kier alpha value is -3.84. The van der Waals surface area contributed by atoms with Crippen LogP contribution in [0.3, 0.4) is 0 Å². The number of thiophene rings is 1. The maximum absolute atomic E-state index is 13.7. The molecule has 3 aromatic rings. The van der Waals surface area contributed by atoms with Gasteiger partial charge in [0.1, 0.15) is 28.1 Å². The van der Waals surface area contributed by atoms with Crippen LogP contribution in [0.2, 0.25) is 0 Å². The summed E-state index contributed by atoms with van der Waals surface area (Å²) in [4.78, 5) is 50.4. The number of nitrogens with two attached hydrogens (primary N) is 1. The molecule has 222 valence electrons. The molecule has 2 amide bonds. The van der Waals surface area contributed by atoms with Crippen molar-refractivity contribution in [3.63, 3.8) is 0 Å². The minimum absolute atomic E-state index is 0.130. The maximum Gasteiger partial charge on any atom is 0.330 e. The molecule has 4 N–H and O–H groups in total. The SMILES string of the molecule is Cc1cc(-c2nc(O[C@@H]3C[C@H]4C(=O)N[C@]5(C(=O)O)C[C@H]5/C=C\CCCCC[C@H](N)C(=O)N4C3)c3sccc3n2)n(C)n1. The van der Waals surface area contributed by atoms with Crippen LogP contribution in [-0.2, 0) is 21.4 Å². The van der Waals surface area contributed by atoms with E-state index in [1.807, 2.05) is 43.6 Å². The molecule has 2 fully saturated rings. The van der Waals surface area contributed by atoms with Gasteiger partial charge in [-0.2, -0.15) is 10.1 Å². The second kappa shape index (κ2) is 11.1. The van der Waals surface area contributed by atoms with E-state index in [1.165, 1.54) is 16.2 Å². The van der Waals surface area contributed by atoms with Crippen molar-refractivity contribution in [2.24, 2.45) is 18.7 Å². The lowest BCUT2D eigenvalue weighted by Gasteiger charge is -2.27. The number of carboxylic acids is 1. The highest BCUT2D eigenvalue weighted by Gasteiger charge is 2.61. The second-order valence-corrected chi connectivity index (χ2v) is 12.4. The molecule has 42 heavy (non-hydrogen) atoms. The van der Waals surface area contributed by atoms with Gasteiger partial charge in [0.05, 0.1) is 23.8 Å². The van der Waals surface area contributed by atoms with Crippen molar-refractivity contribution in [1.29, 1.82) is 0 Å². The molecule has 5 atom stereocenters. The molecule has 1 aliphatic carbocycles. The van der Waals surface area contributed by atoms with Gasteiger partial charge in [-0.1, -0.05) is 25.0 Å². The number of allylic oxidation sites excluding steroid dienone is 1. The van der Waals surface area contributed by atoms with E-state index in [1.54, 1.807) is 4.68 Å². The monoisotopic (exact) mass is 593 g/mol. The predicted octanol–water partition coefficient (Wildman–Crippen LogP) is 2.56. The maximum atomic E-state index is 13.7. The van der Waals surface area contributed by atoms with E-state index in [0.29, 0.717) is 24.5 Å². The van der Waals surface area contributed by atoms with Gasteiger partial charge >= 0.3 is 5.97 Å². The number of hydrogen-bond acceptors (Lipinski definition) is 9. The average molecular weight is 594 g/mol. The fourth-order valence-corrected chi connectivity index (χ4v) is 6.81. The van der Waals surface area contributed by atoms with Crippen LogP contribution in [0.1, 0.15) is 50.6 Å². The number of rotatable bonds is 4. The molecular weight excluding hydrogens is 558 g/mol. The first-order valence-electron chi connectivity index (χ1n) is 14.4. The van der Waals surface area contributed by atoms with Gasteiger partial charge in [-0.3, -0.25) is 14.3 Å². The van der Waals surface area contributed by atoms with Crippen molar-refractivity contribution in [3.8, 4) is 17.4 Å². The van der Waals surface area contributed by atoms with Crippen LogP contribution in [0.25, 0.3) is 21.7 Å². The number of ether oxygens (including phenoxy) is 1. The molecule has 1 saturated carbocycles. The second-order valence-electron chi connectivity index (χ2n) is 11.5. The number of carboxylic acid groups (broad SMARTS) is 1. The summed E-state index contributed by atoms with van der Waals surface area (Å²) in [5, 5.41) is 19.1. The molecule has 0 bridgehead atoms. The van der Waals surface area contributed by atoms with Crippen molar-refractivity contribution in [1.82, 2.24) is 30.0 Å². The molecule has 2 aliphatic heterocycles. The largest absolute Gasteiger partial charge is 0.479 e. The highest BCUT2D eigenvalue weighted by molar-refractivity contribution is 7.17. The third-order valence-electron chi connectivity index (χ3n) is 8.44. The Balaban J connectivity index is 1.29. The Labute approximate surface area is 246 Å². The molecular formula is C29H35N7O5S. The quantitative estimate of drug-likeness (QED) is 0.386. The van der Waals surface area contributed by atoms with Gasteiger partial charge in [-0.15, -0.1) is 11.3 Å². The lowest BCUT2D eigenvalue weighted by atomic mass is 10.1. The van der Waals surface area contributed by atoms with E-state index >= 15 is 0 Å². The van der Waals surface area contributed by atoms with Crippen LogP contribution in [-0.4, -0.2) is 77.8 Å². The third kappa shape index (κ3) is 5.26. The van der Waals surface area contributed by atoms with Crippen LogP contribution in [0, 0.1) is 12.8 Å². The predicted molar refractivity (Wildman–Crippen MR) is 156 cm³/mol. The fourth-order valence-electron chi connectivity index (χ4n) is 6.05. The van der Waals surface area contributed by atoms with E-state index < -0.39 is 35.6 Å². The molecule has 12 nitrogen and oxygen atoms in total. The summed E-state index contributed by atoms with van der Waals surface area (Å²) in [6, 6.07) is 2.11. The molecule has 3 aliphatic rings. The zero-order valence-corrected chi connectivity index (χ0v) is 24.5. The van der Waals surface area contributed by atoms with Gasteiger partial charge in [0, 0.05) is 19.4 Å². The zero-order chi connectivity index (χ0) is 29.6. The van der Waals surface area contributed by atoms with Crippen molar-refractivity contribution in [2.45, 2.75) is 75.6 Å². The number of fused-ring (bicyclic) bond motifs is 3. The molecule has 0 spiro atoms. The van der Waals surface area contributed by atoms with Crippen LogP contribution >= 0.6 is 11.3 Å². The number of aryl methyl sites for hydroxylation is 2. The first-order chi connectivity index (χ1) is 20.2. The van der Waals surface area contributed by atoms with Gasteiger partial charge in [0.15, 0.2) is 5.82 Å².